The number of carbonyl (C=O) groups is 3. The summed E-state index contributed by atoms with van der Waals surface area (Å²) < 4.78 is 5.20. The zero-order chi connectivity index (χ0) is 19.4. The summed E-state index contributed by atoms with van der Waals surface area (Å²) in [5.74, 6) is -1.08. The number of benzene rings is 2. The molecule has 2 amide bonds. The van der Waals surface area contributed by atoms with Crippen molar-refractivity contribution in [2.45, 2.75) is 17.9 Å². The second-order valence-corrected chi connectivity index (χ2v) is 7.26. The summed E-state index contributed by atoms with van der Waals surface area (Å²) in [6.45, 7) is 1.21. The Kier molecular flexibility index (Phi) is 6.03. The number of nitrogens with one attached hydrogen (secondary N) is 1. The SMILES string of the molecule is C[C@@H](OC(=O)CN1C(=O)CSc2ccccc21)C(=O)Nc1ccccc1Cl. The standard InChI is InChI=1S/C19H17ClN2O4S/c1-12(19(25)21-14-7-3-2-6-13(14)20)26-18(24)10-22-15-8-4-5-9-16(15)27-11-17(22)23/h2-9,12H,10-11H2,1H3,(H,21,25)/t12-/m1/s1. The normalized spacial score (nSPS) is 14.3. The zero-order valence-electron chi connectivity index (χ0n) is 14.5. The van der Waals surface area contributed by atoms with Gasteiger partial charge in [-0.1, -0.05) is 35.9 Å². The number of ether oxygens (including phenoxy) is 1. The van der Waals surface area contributed by atoms with Gasteiger partial charge in [0.1, 0.15) is 6.54 Å². The Morgan fingerprint density at radius 2 is 1.93 bits per heavy atom. The van der Waals surface area contributed by atoms with Crippen LogP contribution in [0.3, 0.4) is 0 Å². The summed E-state index contributed by atoms with van der Waals surface area (Å²) in [5.41, 5.74) is 1.10. The van der Waals surface area contributed by atoms with Gasteiger partial charge in [0.25, 0.3) is 5.91 Å². The van der Waals surface area contributed by atoms with Gasteiger partial charge >= 0.3 is 5.97 Å². The first-order valence-electron chi connectivity index (χ1n) is 8.23. The number of para-hydroxylation sites is 2. The molecule has 140 valence electrons. The number of rotatable bonds is 5. The van der Waals surface area contributed by atoms with Crippen molar-refractivity contribution in [2.75, 3.05) is 22.5 Å². The molecule has 0 spiro atoms. The third-order valence-corrected chi connectivity index (χ3v) is 5.28. The number of thioether (sulfide) groups is 1. The maximum atomic E-state index is 12.3. The molecule has 1 aliphatic heterocycles. The van der Waals surface area contributed by atoms with E-state index in [1.54, 1.807) is 36.4 Å². The van der Waals surface area contributed by atoms with Gasteiger partial charge in [-0.2, -0.15) is 0 Å². The van der Waals surface area contributed by atoms with E-state index in [2.05, 4.69) is 5.32 Å². The predicted molar refractivity (Wildman–Crippen MR) is 105 cm³/mol. The molecule has 27 heavy (non-hydrogen) atoms. The quantitative estimate of drug-likeness (QED) is 0.773. The molecule has 1 aliphatic rings. The van der Waals surface area contributed by atoms with Crippen LogP contribution in [0.5, 0.6) is 0 Å². The Morgan fingerprint density at radius 3 is 2.70 bits per heavy atom. The number of hydrogen-bond acceptors (Lipinski definition) is 5. The van der Waals surface area contributed by atoms with E-state index in [1.165, 1.54) is 23.6 Å². The van der Waals surface area contributed by atoms with Crippen LogP contribution >= 0.6 is 23.4 Å². The second-order valence-electron chi connectivity index (χ2n) is 5.84. The van der Waals surface area contributed by atoms with Crippen LogP contribution in [0.4, 0.5) is 11.4 Å². The molecule has 2 aromatic rings. The average Bonchev–Trinajstić information content (AvgIpc) is 2.66. The Labute approximate surface area is 165 Å². The largest absolute Gasteiger partial charge is 0.451 e. The van der Waals surface area contributed by atoms with E-state index >= 15 is 0 Å². The summed E-state index contributed by atoms with van der Waals surface area (Å²) >= 11 is 7.43. The summed E-state index contributed by atoms with van der Waals surface area (Å²) in [4.78, 5) is 39.0. The van der Waals surface area contributed by atoms with Crippen LogP contribution in [0.1, 0.15) is 6.92 Å². The summed E-state index contributed by atoms with van der Waals surface area (Å²) in [5, 5.41) is 3.00. The van der Waals surface area contributed by atoms with E-state index in [-0.39, 0.29) is 18.2 Å². The molecule has 0 saturated carbocycles. The molecule has 1 heterocycles. The number of hydrogen-bond donors (Lipinski definition) is 1. The van der Waals surface area contributed by atoms with Gasteiger partial charge in [0.15, 0.2) is 6.10 Å². The van der Waals surface area contributed by atoms with E-state index in [9.17, 15) is 14.4 Å². The second kappa shape index (κ2) is 8.45. The van der Waals surface area contributed by atoms with Gasteiger partial charge in [0, 0.05) is 4.90 Å². The molecule has 0 unspecified atom stereocenters. The lowest BCUT2D eigenvalue weighted by Crippen LogP contribution is -2.41. The van der Waals surface area contributed by atoms with Crippen molar-refractivity contribution in [3.8, 4) is 0 Å². The van der Waals surface area contributed by atoms with Gasteiger partial charge in [-0.15, -0.1) is 11.8 Å². The van der Waals surface area contributed by atoms with Crippen LogP contribution in [0.25, 0.3) is 0 Å². The van der Waals surface area contributed by atoms with Crippen LogP contribution in [0.15, 0.2) is 53.4 Å². The number of carbonyl (C=O) groups excluding carboxylic acids is 3. The number of anilines is 2. The highest BCUT2D eigenvalue weighted by Crippen LogP contribution is 2.34. The minimum atomic E-state index is -1.03. The van der Waals surface area contributed by atoms with Crippen molar-refractivity contribution in [2.24, 2.45) is 0 Å². The Morgan fingerprint density at radius 1 is 1.22 bits per heavy atom. The predicted octanol–water partition coefficient (Wildman–Crippen LogP) is 3.35. The monoisotopic (exact) mass is 404 g/mol. The molecule has 0 saturated heterocycles. The molecule has 0 bridgehead atoms. The summed E-state index contributed by atoms with van der Waals surface area (Å²) in [6, 6.07) is 14.1. The van der Waals surface area contributed by atoms with Gasteiger partial charge in [-0.3, -0.25) is 19.3 Å². The van der Waals surface area contributed by atoms with Gasteiger partial charge in [-0.05, 0) is 31.2 Å². The molecule has 0 radical (unpaired) electrons. The minimum absolute atomic E-state index is 0.177. The third-order valence-electron chi connectivity index (χ3n) is 3.90. The van der Waals surface area contributed by atoms with E-state index < -0.39 is 18.0 Å². The molecule has 0 fully saturated rings. The molecule has 6 nitrogen and oxygen atoms in total. The lowest BCUT2D eigenvalue weighted by atomic mass is 10.2. The number of fused-ring (bicyclic) bond motifs is 1. The molecular weight excluding hydrogens is 388 g/mol. The number of amides is 2. The van der Waals surface area contributed by atoms with Crippen molar-refractivity contribution < 1.29 is 19.1 Å². The Bertz CT molecular complexity index is 890. The fraction of sp³-hybridized carbons (Fsp3) is 0.211. The highest BCUT2D eigenvalue weighted by Gasteiger charge is 2.28. The van der Waals surface area contributed by atoms with Gasteiger partial charge < -0.3 is 10.1 Å². The summed E-state index contributed by atoms with van der Waals surface area (Å²) in [7, 11) is 0. The third kappa shape index (κ3) is 4.61. The van der Waals surface area contributed by atoms with Crippen molar-refractivity contribution in [1.29, 1.82) is 0 Å². The molecule has 0 aromatic heterocycles. The molecule has 3 rings (SSSR count). The maximum Gasteiger partial charge on any atom is 0.326 e. The number of nitrogens with zero attached hydrogens (tertiary/aromatic N) is 1. The van der Waals surface area contributed by atoms with Gasteiger partial charge in [0.05, 0.1) is 22.2 Å². The van der Waals surface area contributed by atoms with E-state index in [1.807, 2.05) is 12.1 Å². The molecule has 0 aliphatic carbocycles. The fourth-order valence-corrected chi connectivity index (χ4v) is 3.66. The zero-order valence-corrected chi connectivity index (χ0v) is 16.0. The highest BCUT2D eigenvalue weighted by molar-refractivity contribution is 8.00. The minimum Gasteiger partial charge on any atom is -0.451 e. The first-order valence-corrected chi connectivity index (χ1v) is 9.59. The van der Waals surface area contributed by atoms with Crippen LogP contribution < -0.4 is 10.2 Å². The van der Waals surface area contributed by atoms with Crippen molar-refractivity contribution >= 4 is 52.5 Å². The molecule has 8 heteroatoms. The Balaban J connectivity index is 1.61. The van der Waals surface area contributed by atoms with Crippen LogP contribution in [0, 0.1) is 0 Å². The molecule has 1 atom stereocenters. The van der Waals surface area contributed by atoms with Crippen LogP contribution in [-0.4, -0.2) is 36.2 Å². The van der Waals surface area contributed by atoms with Crippen LogP contribution in [-0.2, 0) is 19.1 Å². The lowest BCUT2D eigenvalue weighted by Gasteiger charge is -2.28. The maximum absolute atomic E-state index is 12.3. The first kappa shape index (κ1) is 19.3. The molecule has 1 N–H and O–H groups in total. The van der Waals surface area contributed by atoms with Gasteiger partial charge in [-0.25, -0.2) is 0 Å². The molecular formula is C19H17ClN2O4S. The van der Waals surface area contributed by atoms with E-state index in [0.29, 0.717) is 16.4 Å². The summed E-state index contributed by atoms with van der Waals surface area (Å²) in [6.07, 6.45) is -1.03. The number of halogens is 1. The fourth-order valence-electron chi connectivity index (χ4n) is 2.54. The highest BCUT2D eigenvalue weighted by atomic mass is 35.5. The lowest BCUT2D eigenvalue weighted by molar-refractivity contribution is -0.152. The van der Waals surface area contributed by atoms with Crippen LogP contribution in [0.2, 0.25) is 5.02 Å². The van der Waals surface area contributed by atoms with Crippen molar-refractivity contribution in [3.05, 3.63) is 53.6 Å². The number of esters is 1. The topological polar surface area (TPSA) is 75.7 Å². The average molecular weight is 405 g/mol. The Hall–Kier alpha value is -2.51. The smallest absolute Gasteiger partial charge is 0.326 e. The van der Waals surface area contributed by atoms with Crippen molar-refractivity contribution in [1.82, 2.24) is 0 Å². The van der Waals surface area contributed by atoms with Gasteiger partial charge in [0.2, 0.25) is 5.91 Å². The van der Waals surface area contributed by atoms with E-state index in [0.717, 1.165) is 4.90 Å². The van der Waals surface area contributed by atoms with E-state index in [4.69, 9.17) is 16.3 Å². The molecule has 2 aromatic carbocycles. The first-order chi connectivity index (χ1) is 13.0. The van der Waals surface area contributed by atoms with Crippen molar-refractivity contribution in [3.63, 3.8) is 0 Å².